The number of aromatic nitrogens is 2. The van der Waals surface area contributed by atoms with Crippen LogP contribution in [0.3, 0.4) is 0 Å². The lowest BCUT2D eigenvalue weighted by Crippen LogP contribution is -1.83. The summed E-state index contributed by atoms with van der Waals surface area (Å²) in [6.45, 7) is 3.54. The molecule has 1 rings (SSSR count). The Kier molecular flexibility index (Phi) is 1.51. The average molecular weight is 130 g/mol. The molecule has 0 aliphatic heterocycles. The van der Waals surface area contributed by atoms with Gasteiger partial charge in [-0.2, -0.15) is 5.10 Å². The molecule has 2 nitrogen and oxygen atoms in total. The summed E-state index contributed by atoms with van der Waals surface area (Å²) < 4.78 is 12.7. The molecule has 1 aromatic heterocycles. The predicted octanol–water partition coefficient (Wildman–Crippen LogP) is 1.67. The van der Waals surface area contributed by atoms with E-state index < -0.39 is 0 Å². The second kappa shape index (κ2) is 2.17. The van der Waals surface area contributed by atoms with E-state index in [1.807, 2.05) is 6.92 Å². The topological polar surface area (TPSA) is 28.7 Å². The van der Waals surface area contributed by atoms with Crippen molar-refractivity contribution in [3.63, 3.8) is 0 Å². The summed E-state index contributed by atoms with van der Waals surface area (Å²) in [7, 11) is 0. The Bertz CT molecular complexity index is 210. The van der Waals surface area contributed by atoms with Crippen LogP contribution in [0.2, 0.25) is 0 Å². The Morgan fingerprint density at radius 2 is 2.44 bits per heavy atom. The summed E-state index contributed by atoms with van der Waals surface area (Å²) in [4.78, 5) is 0. The van der Waals surface area contributed by atoms with Crippen molar-refractivity contribution in [2.75, 3.05) is 0 Å². The van der Waals surface area contributed by atoms with Crippen LogP contribution in [-0.2, 0) is 6.42 Å². The van der Waals surface area contributed by atoms with Gasteiger partial charge in [0.2, 0.25) is 0 Å². The average Bonchev–Trinajstić information content (AvgIpc) is 2.15. The zero-order valence-electron chi connectivity index (χ0n) is 5.53. The van der Waals surface area contributed by atoms with Crippen LogP contribution in [-0.4, -0.2) is 10.2 Å². The summed E-state index contributed by atoms with van der Waals surface area (Å²) in [6, 6.07) is 0. The molecule has 1 aromatic rings. The third kappa shape index (κ3) is 0.943. The van der Waals surface area contributed by atoms with E-state index in [-0.39, 0.29) is 7.24 Å². The number of H-pyrrole nitrogens is 1. The summed E-state index contributed by atoms with van der Waals surface area (Å²) in [5, 5.41) is 6.30. The van der Waals surface area contributed by atoms with Crippen LogP contribution in [0.4, 0.5) is 4.39 Å². The molecule has 1 N–H and O–H groups in total. The first-order chi connectivity index (χ1) is 4.25. The maximum atomic E-state index is 12.7. The second-order valence-electron chi connectivity index (χ2n) is 1.96. The van der Waals surface area contributed by atoms with Crippen LogP contribution in [0.5, 0.6) is 0 Å². The molecule has 52 valence electrons. The van der Waals surface area contributed by atoms with Crippen LogP contribution >= 0.6 is 0 Å². The van der Waals surface area contributed by atoms with Gasteiger partial charge in [0.25, 0.3) is 0 Å². The minimum atomic E-state index is -0.197. The molecule has 1 heterocycles. The van der Waals surface area contributed by atoms with Crippen LogP contribution in [0.15, 0.2) is 0 Å². The number of halogens is 1. The van der Waals surface area contributed by atoms with Crippen molar-refractivity contribution < 1.29 is 5.82 Å². The highest BCUT2D eigenvalue weighted by molar-refractivity contribution is 5.09. The normalized spacial score (nSPS) is 10.1. The van der Waals surface area contributed by atoms with Crippen molar-refractivity contribution in [1.29, 1.82) is 0 Å². The Labute approximate surface area is 54.6 Å². The number of nitrogens with zero attached hydrogens (tertiary/aromatic N) is 1. The third-order valence-corrected chi connectivity index (χ3v) is 1.28. The van der Waals surface area contributed by atoms with Gasteiger partial charge in [0.1, 0.15) is 0 Å². The predicted molar refractivity (Wildman–Crippen MR) is 34.8 cm³/mol. The van der Waals surface area contributed by atoms with Gasteiger partial charge >= 0.3 is 0 Å². The number of aromatic amines is 1. The molecule has 0 atom stereocenters. The van der Waals surface area contributed by atoms with Crippen molar-refractivity contribution in [2.24, 2.45) is 0 Å². The smallest absolute Gasteiger partial charge is 0.166 e. The summed E-state index contributed by atoms with van der Waals surface area (Å²) in [5.74, 6) is -0.197. The van der Waals surface area contributed by atoms with Gasteiger partial charge in [-0.05, 0) is 13.3 Å². The molecule has 0 unspecified atom stereocenters. The van der Waals surface area contributed by atoms with Gasteiger partial charge in [-0.15, -0.1) is 0 Å². The number of hydrogen-bond donors (Lipinski definition) is 1. The van der Waals surface area contributed by atoms with E-state index in [0.29, 0.717) is 17.8 Å². The lowest BCUT2D eigenvalue weighted by Gasteiger charge is -1.84. The van der Waals surface area contributed by atoms with Gasteiger partial charge < -0.3 is 0 Å². The van der Waals surface area contributed by atoms with E-state index in [2.05, 4.69) is 10.2 Å². The van der Waals surface area contributed by atoms with Crippen molar-refractivity contribution in [3.05, 3.63) is 17.2 Å². The number of hydrogen-bond acceptors (Lipinski definition) is 1. The molecule has 0 aliphatic carbocycles. The van der Waals surface area contributed by atoms with E-state index in [9.17, 15) is 4.39 Å². The van der Waals surface area contributed by atoms with Gasteiger partial charge in [0, 0.05) is 1.43 Å². The highest BCUT2D eigenvalue weighted by atomic mass is 19.1. The molecule has 0 radical (unpaired) electrons. The lowest BCUT2D eigenvalue weighted by molar-refractivity contribution is 0.604. The van der Waals surface area contributed by atoms with E-state index in [1.165, 1.54) is 0 Å². The van der Waals surface area contributed by atoms with Crippen molar-refractivity contribution in [3.8, 4) is 0 Å². The maximum absolute atomic E-state index is 12.7. The SMILES string of the molecule is CCc1n[nH]c(C)c1F.[HH]. The molecule has 0 saturated carbocycles. The zero-order chi connectivity index (χ0) is 6.85. The molecule has 0 aromatic carbocycles. The van der Waals surface area contributed by atoms with Gasteiger partial charge in [0.15, 0.2) is 5.82 Å². The Hall–Kier alpha value is -0.860. The number of nitrogens with one attached hydrogen (secondary N) is 1. The fraction of sp³-hybridized carbons (Fsp3) is 0.500. The van der Waals surface area contributed by atoms with Gasteiger partial charge in [-0.1, -0.05) is 6.92 Å². The number of aryl methyl sites for hydroxylation is 2. The minimum absolute atomic E-state index is 0. The van der Waals surface area contributed by atoms with E-state index in [0.717, 1.165) is 0 Å². The first-order valence-corrected chi connectivity index (χ1v) is 2.95. The molecule has 0 aliphatic rings. The van der Waals surface area contributed by atoms with E-state index >= 15 is 0 Å². The molecule has 3 heteroatoms. The first kappa shape index (κ1) is 6.26. The fourth-order valence-electron chi connectivity index (χ4n) is 0.700. The summed E-state index contributed by atoms with van der Waals surface area (Å²) in [6.07, 6.45) is 0.649. The fourth-order valence-corrected chi connectivity index (χ4v) is 0.700. The molecule has 0 amide bonds. The maximum Gasteiger partial charge on any atom is 0.166 e. The third-order valence-electron chi connectivity index (χ3n) is 1.28. The van der Waals surface area contributed by atoms with Gasteiger partial charge in [0.05, 0.1) is 11.4 Å². The van der Waals surface area contributed by atoms with Crippen molar-refractivity contribution in [1.82, 2.24) is 10.2 Å². The second-order valence-corrected chi connectivity index (χ2v) is 1.96. The van der Waals surface area contributed by atoms with Gasteiger partial charge in [-0.3, -0.25) is 5.10 Å². The van der Waals surface area contributed by atoms with Crippen LogP contribution in [0.25, 0.3) is 0 Å². The van der Waals surface area contributed by atoms with Gasteiger partial charge in [-0.25, -0.2) is 4.39 Å². The molecule has 0 fully saturated rings. The van der Waals surface area contributed by atoms with Crippen molar-refractivity contribution in [2.45, 2.75) is 20.3 Å². The molecular weight excluding hydrogens is 119 g/mol. The Morgan fingerprint density at radius 1 is 1.78 bits per heavy atom. The quantitative estimate of drug-likeness (QED) is 0.615. The largest absolute Gasteiger partial charge is 0.280 e. The van der Waals surface area contributed by atoms with Crippen LogP contribution < -0.4 is 0 Å². The first-order valence-electron chi connectivity index (χ1n) is 2.95. The number of rotatable bonds is 1. The Balaban J connectivity index is 0.000000810. The highest BCUT2D eigenvalue weighted by Crippen LogP contribution is 2.06. The molecule has 0 saturated heterocycles. The van der Waals surface area contributed by atoms with Crippen LogP contribution in [0, 0.1) is 12.7 Å². The standard InChI is InChI=1S/C6H9FN2.H2/c1-3-5-6(7)4(2)8-9-5;/h3H2,1-2H3,(H,8,9);1H. The monoisotopic (exact) mass is 130 g/mol. The lowest BCUT2D eigenvalue weighted by atomic mass is 10.3. The zero-order valence-corrected chi connectivity index (χ0v) is 5.53. The molecule has 0 spiro atoms. The van der Waals surface area contributed by atoms with E-state index in [4.69, 9.17) is 0 Å². The van der Waals surface area contributed by atoms with Crippen molar-refractivity contribution >= 4 is 0 Å². The van der Waals surface area contributed by atoms with E-state index in [1.54, 1.807) is 6.92 Å². The highest BCUT2D eigenvalue weighted by Gasteiger charge is 2.05. The molecule has 9 heavy (non-hydrogen) atoms. The molecule has 0 bridgehead atoms. The van der Waals surface area contributed by atoms with Crippen LogP contribution in [0.1, 0.15) is 19.7 Å². The summed E-state index contributed by atoms with van der Waals surface area (Å²) in [5.41, 5.74) is 1.04. The summed E-state index contributed by atoms with van der Waals surface area (Å²) >= 11 is 0. The molecular formula is C6H11FN2. The Morgan fingerprint density at radius 3 is 2.67 bits per heavy atom. The minimum Gasteiger partial charge on any atom is -0.280 e.